The summed E-state index contributed by atoms with van der Waals surface area (Å²) in [7, 11) is 0. The average molecular weight is 545 g/mol. The van der Waals surface area contributed by atoms with E-state index >= 15 is 0 Å². The summed E-state index contributed by atoms with van der Waals surface area (Å²) in [5.41, 5.74) is 1.82. The minimum atomic E-state index is -1.05. The molecule has 0 aliphatic heterocycles. The number of anilines is 1. The third-order valence-corrected chi connectivity index (χ3v) is 7.19. The molecule has 1 unspecified atom stereocenters. The van der Waals surface area contributed by atoms with E-state index in [9.17, 15) is 14.0 Å². The predicted molar refractivity (Wildman–Crippen MR) is 148 cm³/mol. The second-order valence-corrected chi connectivity index (χ2v) is 10.5. The quantitative estimate of drug-likeness (QED) is 0.305. The molecule has 2 aromatic carbocycles. The Morgan fingerprint density at radius 1 is 1.07 bits per heavy atom. The van der Waals surface area contributed by atoms with Gasteiger partial charge in [-0.2, -0.15) is 4.80 Å². The predicted octanol–water partition coefficient (Wildman–Crippen LogP) is 5.34. The van der Waals surface area contributed by atoms with Crippen molar-refractivity contribution in [2.45, 2.75) is 71.0 Å². The molecule has 4 aromatic rings. The summed E-state index contributed by atoms with van der Waals surface area (Å²) in [4.78, 5) is 30.4. The molecule has 40 heavy (non-hydrogen) atoms. The molecule has 0 bridgehead atoms. The van der Waals surface area contributed by atoms with Gasteiger partial charge in [0.25, 0.3) is 11.8 Å². The first-order chi connectivity index (χ1) is 19.3. The van der Waals surface area contributed by atoms with Gasteiger partial charge in [-0.1, -0.05) is 51.0 Å². The second kappa shape index (κ2) is 11.8. The minimum absolute atomic E-state index is 0.0478. The number of furan rings is 1. The van der Waals surface area contributed by atoms with Gasteiger partial charge < -0.3 is 9.73 Å². The standard InChI is InChI=1S/C30H33FN6O3/c1-19(2)21-13-15-23(16-14-21)37(27(38)18-36-34-29(33-35-36)24-10-6-7-11-25(24)31)28(26-17-12-20(3)40-26)30(39)32-22-8-4-5-9-22/h6-7,10-17,19,22,28H,4-5,8-9,18H2,1-3H3,(H,32,39). The Balaban J connectivity index is 1.51. The maximum Gasteiger partial charge on any atom is 0.251 e. The minimum Gasteiger partial charge on any atom is -0.464 e. The molecule has 1 atom stereocenters. The van der Waals surface area contributed by atoms with E-state index in [1.165, 1.54) is 11.0 Å². The molecule has 208 valence electrons. The number of nitrogens with zero attached hydrogens (tertiary/aromatic N) is 5. The molecule has 9 nitrogen and oxygen atoms in total. The first kappa shape index (κ1) is 27.2. The number of aromatic nitrogens is 4. The maximum atomic E-state index is 14.3. The van der Waals surface area contributed by atoms with E-state index in [2.05, 4.69) is 34.6 Å². The van der Waals surface area contributed by atoms with Crippen LogP contribution in [0.3, 0.4) is 0 Å². The van der Waals surface area contributed by atoms with Gasteiger partial charge in [0.15, 0.2) is 6.04 Å². The van der Waals surface area contributed by atoms with Crippen LogP contribution in [0.4, 0.5) is 10.1 Å². The van der Waals surface area contributed by atoms with Gasteiger partial charge in [0, 0.05) is 11.7 Å². The highest BCUT2D eigenvalue weighted by Gasteiger charge is 2.37. The molecule has 2 amide bonds. The number of hydrogen-bond acceptors (Lipinski definition) is 6. The van der Waals surface area contributed by atoms with E-state index < -0.39 is 17.8 Å². The van der Waals surface area contributed by atoms with Gasteiger partial charge in [0.05, 0.1) is 5.56 Å². The van der Waals surface area contributed by atoms with Gasteiger partial charge in [-0.3, -0.25) is 14.5 Å². The molecule has 0 radical (unpaired) electrons. The van der Waals surface area contributed by atoms with Gasteiger partial charge in [0.1, 0.15) is 23.9 Å². The van der Waals surface area contributed by atoms with Crippen molar-refractivity contribution in [1.29, 1.82) is 0 Å². The van der Waals surface area contributed by atoms with Crippen molar-refractivity contribution in [2.24, 2.45) is 0 Å². The summed E-state index contributed by atoms with van der Waals surface area (Å²) in [6.07, 6.45) is 3.90. The van der Waals surface area contributed by atoms with Crippen molar-refractivity contribution in [3.63, 3.8) is 0 Å². The topological polar surface area (TPSA) is 106 Å². The van der Waals surface area contributed by atoms with Gasteiger partial charge in [-0.05, 0) is 72.9 Å². The Kier molecular flexibility index (Phi) is 8.04. The third kappa shape index (κ3) is 5.95. The Labute approximate surface area is 232 Å². The summed E-state index contributed by atoms with van der Waals surface area (Å²) < 4.78 is 20.2. The molecule has 1 N–H and O–H groups in total. The highest BCUT2D eigenvalue weighted by Crippen LogP contribution is 2.32. The molecule has 0 saturated heterocycles. The number of carbonyl (C=O) groups is 2. The molecule has 1 saturated carbocycles. The van der Waals surface area contributed by atoms with Crippen LogP contribution in [0.15, 0.2) is 65.1 Å². The summed E-state index contributed by atoms with van der Waals surface area (Å²) in [6.45, 7) is 5.65. The number of hydrogen-bond donors (Lipinski definition) is 1. The SMILES string of the molecule is Cc1ccc(C(C(=O)NC2CCCC2)N(C(=O)Cn2nnc(-c3ccccc3F)n2)c2ccc(C(C)C)cc2)o1. The molecule has 5 rings (SSSR count). The number of nitrogens with one attached hydrogen (secondary N) is 1. The lowest BCUT2D eigenvalue weighted by molar-refractivity contribution is -0.128. The summed E-state index contributed by atoms with van der Waals surface area (Å²) in [6, 6.07) is 16.1. The molecule has 10 heteroatoms. The van der Waals surface area contributed by atoms with Gasteiger partial charge in [0.2, 0.25) is 5.82 Å². The van der Waals surface area contributed by atoms with E-state index in [0.717, 1.165) is 36.0 Å². The van der Waals surface area contributed by atoms with Crippen molar-refractivity contribution in [3.8, 4) is 11.4 Å². The van der Waals surface area contributed by atoms with Crippen molar-refractivity contribution in [1.82, 2.24) is 25.5 Å². The molecule has 2 aromatic heterocycles. The van der Waals surface area contributed by atoms with E-state index in [1.54, 1.807) is 37.3 Å². The number of aryl methyl sites for hydroxylation is 1. The molecule has 1 aliphatic rings. The zero-order valence-corrected chi connectivity index (χ0v) is 22.9. The van der Waals surface area contributed by atoms with E-state index in [-0.39, 0.29) is 29.9 Å². The van der Waals surface area contributed by atoms with Crippen molar-refractivity contribution < 1.29 is 18.4 Å². The number of amides is 2. The summed E-state index contributed by atoms with van der Waals surface area (Å²) in [5.74, 6) is 0.0876. The fourth-order valence-electron chi connectivity index (χ4n) is 5.04. The largest absolute Gasteiger partial charge is 0.464 e. The van der Waals surface area contributed by atoms with Crippen LogP contribution in [0, 0.1) is 12.7 Å². The van der Waals surface area contributed by atoms with Crippen molar-refractivity contribution in [2.75, 3.05) is 4.90 Å². The van der Waals surface area contributed by atoms with Crippen LogP contribution in [-0.2, 0) is 16.1 Å². The highest BCUT2D eigenvalue weighted by atomic mass is 19.1. The number of rotatable bonds is 9. The number of carbonyl (C=O) groups excluding carboxylic acids is 2. The van der Waals surface area contributed by atoms with Crippen LogP contribution in [-0.4, -0.2) is 38.1 Å². The smallest absolute Gasteiger partial charge is 0.251 e. The van der Waals surface area contributed by atoms with Crippen molar-refractivity contribution in [3.05, 3.63) is 83.6 Å². The van der Waals surface area contributed by atoms with Crippen LogP contribution in [0.25, 0.3) is 11.4 Å². The van der Waals surface area contributed by atoms with Gasteiger partial charge in [-0.15, -0.1) is 10.2 Å². The van der Waals surface area contributed by atoms with Crippen LogP contribution in [0.1, 0.15) is 68.6 Å². The highest BCUT2D eigenvalue weighted by molar-refractivity contribution is 6.01. The maximum absolute atomic E-state index is 14.3. The van der Waals surface area contributed by atoms with Gasteiger partial charge in [-0.25, -0.2) is 4.39 Å². The van der Waals surface area contributed by atoms with Crippen molar-refractivity contribution >= 4 is 17.5 Å². The third-order valence-electron chi connectivity index (χ3n) is 7.19. The molecule has 2 heterocycles. The Morgan fingerprint density at radius 2 is 1.80 bits per heavy atom. The Hall–Kier alpha value is -4.34. The van der Waals surface area contributed by atoms with E-state index in [1.807, 2.05) is 24.3 Å². The monoisotopic (exact) mass is 544 g/mol. The summed E-state index contributed by atoms with van der Waals surface area (Å²) in [5, 5.41) is 15.3. The van der Waals surface area contributed by atoms with Crippen LogP contribution in [0.5, 0.6) is 0 Å². The Bertz CT molecular complexity index is 1470. The number of benzene rings is 2. The van der Waals surface area contributed by atoms with Gasteiger partial charge >= 0.3 is 0 Å². The zero-order valence-electron chi connectivity index (χ0n) is 22.9. The summed E-state index contributed by atoms with van der Waals surface area (Å²) >= 11 is 0. The van der Waals surface area contributed by atoms with E-state index in [0.29, 0.717) is 23.1 Å². The molecule has 1 fully saturated rings. The Morgan fingerprint density at radius 3 is 2.45 bits per heavy atom. The van der Waals surface area contributed by atoms with Crippen LogP contribution < -0.4 is 10.2 Å². The first-order valence-electron chi connectivity index (χ1n) is 13.6. The molecule has 1 aliphatic carbocycles. The van der Waals surface area contributed by atoms with Crippen LogP contribution in [0.2, 0.25) is 0 Å². The molecule has 0 spiro atoms. The normalized spacial score (nSPS) is 14.4. The number of tetrazole rings is 1. The second-order valence-electron chi connectivity index (χ2n) is 10.5. The van der Waals surface area contributed by atoms with E-state index in [4.69, 9.17) is 4.42 Å². The average Bonchev–Trinajstić information content (AvgIpc) is 3.71. The molecular formula is C30H33FN6O3. The zero-order chi connectivity index (χ0) is 28.2. The fraction of sp³-hybridized carbons (Fsp3) is 0.367. The lowest BCUT2D eigenvalue weighted by Gasteiger charge is -2.31. The fourth-order valence-corrected chi connectivity index (χ4v) is 5.04. The lowest BCUT2D eigenvalue weighted by Crippen LogP contribution is -2.47. The lowest BCUT2D eigenvalue weighted by atomic mass is 10.0. The van der Waals surface area contributed by atoms with Crippen LogP contribution >= 0.6 is 0 Å². The first-order valence-corrected chi connectivity index (χ1v) is 13.6. The number of halogens is 1. The molecular weight excluding hydrogens is 511 g/mol.